The van der Waals surface area contributed by atoms with Gasteiger partial charge in [-0.2, -0.15) is 0 Å². The Balaban J connectivity index is 2.87. The van der Waals surface area contributed by atoms with Gasteiger partial charge in [-0.25, -0.2) is 4.79 Å². The molecule has 0 radical (unpaired) electrons. The molecule has 2 unspecified atom stereocenters. The number of aliphatic hydroxyl groups excluding tert-OH is 1. The first-order valence-electron chi connectivity index (χ1n) is 6.66. The molecule has 2 amide bonds. The monoisotopic (exact) mass is 272 g/mol. The van der Waals surface area contributed by atoms with Crippen molar-refractivity contribution >= 4 is 12.0 Å². The van der Waals surface area contributed by atoms with Crippen LogP contribution in [-0.4, -0.2) is 56.4 Å². The number of hydrogen-bond donors (Lipinski definition) is 2. The summed E-state index contributed by atoms with van der Waals surface area (Å²) in [4.78, 5) is 25.7. The molecule has 1 aliphatic heterocycles. The molecule has 1 heterocycles. The minimum Gasteiger partial charge on any atom is -0.465 e. The number of piperidine rings is 1. The molecule has 2 atom stereocenters. The lowest BCUT2D eigenvalue weighted by molar-refractivity contribution is -0.150. The minimum absolute atomic E-state index is 0.107. The van der Waals surface area contributed by atoms with Crippen LogP contribution in [-0.2, 0) is 4.79 Å². The average molecular weight is 272 g/mol. The van der Waals surface area contributed by atoms with E-state index in [1.807, 2.05) is 0 Å². The predicted molar refractivity (Wildman–Crippen MR) is 70.6 cm³/mol. The van der Waals surface area contributed by atoms with Gasteiger partial charge in [0.15, 0.2) is 0 Å². The molecule has 0 aromatic heterocycles. The van der Waals surface area contributed by atoms with Gasteiger partial charge in [0.1, 0.15) is 6.23 Å². The van der Waals surface area contributed by atoms with Gasteiger partial charge in [-0.05, 0) is 40.5 Å². The maximum absolute atomic E-state index is 11.8. The zero-order valence-electron chi connectivity index (χ0n) is 12.1. The molecule has 0 aromatic carbocycles. The normalized spacial score (nSPS) is 20.1. The van der Waals surface area contributed by atoms with E-state index in [2.05, 4.69) is 0 Å². The second kappa shape index (κ2) is 5.77. The van der Waals surface area contributed by atoms with Crippen LogP contribution in [0.1, 0.15) is 47.0 Å². The number of nitrogens with zero attached hydrogens (tertiary/aromatic N) is 2. The summed E-state index contributed by atoms with van der Waals surface area (Å²) < 4.78 is 0. The van der Waals surface area contributed by atoms with Crippen LogP contribution in [0.15, 0.2) is 0 Å². The lowest BCUT2D eigenvalue weighted by Gasteiger charge is -2.43. The number of aliphatic hydroxyl groups is 1. The number of carbonyl (C=O) groups is 2. The summed E-state index contributed by atoms with van der Waals surface area (Å²) in [5.41, 5.74) is -0.634. The van der Waals surface area contributed by atoms with Crippen molar-refractivity contribution in [3.05, 3.63) is 0 Å². The largest absolute Gasteiger partial charge is 0.465 e. The maximum atomic E-state index is 11.8. The third kappa shape index (κ3) is 3.59. The van der Waals surface area contributed by atoms with Crippen LogP contribution in [0.25, 0.3) is 0 Å². The highest BCUT2D eigenvalue weighted by atomic mass is 16.4. The Kier molecular flexibility index (Phi) is 4.79. The summed E-state index contributed by atoms with van der Waals surface area (Å²) in [6.45, 7) is 7.42. The summed E-state index contributed by atoms with van der Waals surface area (Å²) in [5, 5.41) is 19.6. The highest BCUT2D eigenvalue weighted by molar-refractivity contribution is 5.77. The molecule has 19 heavy (non-hydrogen) atoms. The molecule has 1 rings (SSSR count). The molecule has 0 saturated carbocycles. The van der Waals surface area contributed by atoms with E-state index in [0.29, 0.717) is 13.0 Å². The van der Waals surface area contributed by atoms with E-state index in [0.717, 1.165) is 12.8 Å². The first-order valence-corrected chi connectivity index (χ1v) is 6.66. The van der Waals surface area contributed by atoms with E-state index in [1.165, 1.54) is 9.80 Å². The van der Waals surface area contributed by atoms with Crippen molar-refractivity contribution in [3.63, 3.8) is 0 Å². The zero-order valence-corrected chi connectivity index (χ0v) is 12.1. The zero-order chi connectivity index (χ0) is 14.8. The Bertz CT molecular complexity index is 351. The predicted octanol–water partition coefficient (Wildman–Crippen LogP) is 1.48. The van der Waals surface area contributed by atoms with Gasteiger partial charge in [-0.1, -0.05) is 0 Å². The third-order valence-corrected chi connectivity index (χ3v) is 3.45. The second-order valence-corrected chi connectivity index (χ2v) is 6.02. The lowest BCUT2D eigenvalue weighted by Crippen LogP contribution is -2.59. The van der Waals surface area contributed by atoms with Gasteiger partial charge in [0.2, 0.25) is 5.91 Å². The van der Waals surface area contributed by atoms with E-state index in [-0.39, 0.29) is 5.91 Å². The van der Waals surface area contributed by atoms with Crippen LogP contribution in [0.2, 0.25) is 0 Å². The highest BCUT2D eigenvalue weighted by Gasteiger charge is 2.38. The highest BCUT2D eigenvalue weighted by Crippen LogP contribution is 2.23. The third-order valence-electron chi connectivity index (χ3n) is 3.45. The van der Waals surface area contributed by atoms with Crippen molar-refractivity contribution < 1.29 is 19.8 Å². The Morgan fingerprint density at radius 3 is 2.37 bits per heavy atom. The smallest absolute Gasteiger partial charge is 0.408 e. The van der Waals surface area contributed by atoms with Crippen molar-refractivity contribution in [1.82, 2.24) is 9.80 Å². The van der Waals surface area contributed by atoms with Crippen molar-refractivity contribution in [2.24, 2.45) is 0 Å². The van der Waals surface area contributed by atoms with Gasteiger partial charge in [0.05, 0.1) is 6.04 Å². The number of carbonyl (C=O) groups excluding carboxylic acids is 1. The number of carboxylic acid groups (broad SMARTS) is 1. The first-order chi connectivity index (χ1) is 8.66. The number of rotatable bonds is 3. The molecule has 1 aliphatic rings. The molecule has 0 aromatic rings. The topological polar surface area (TPSA) is 81.1 Å². The first kappa shape index (κ1) is 15.8. The van der Waals surface area contributed by atoms with Crippen LogP contribution in [0, 0.1) is 0 Å². The van der Waals surface area contributed by atoms with Crippen molar-refractivity contribution in [2.45, 2.75) is 64.8 Å². The summed E-state index contributed by atoms with van der Waals surface area (Å²) in [5.74, 6) is -0.107. The van der Waals surface area contributed by atoms with Crippen LogP contribution in [0.5, 0.6) is 0 Å². The van der Waals surface area contributed by atoms with E-state index in [1.54, 1.807) is 27.7 Å². The summed E-state index contributed by atoms with van der Waals surface area (Å²) in [7, 11) is 0. The fourth-order valence-electron chi connectivity index (χ4n) is 2.57. The molecule has 6 nitrogen and oxygen atoms in total. The summed E-state index contributed by atoms with van der Waals surface area (Å²) >= 11 is 0. The van der Waals surface area contributed by atoms with Crippen LogP contribution in [0.4, 0.5) is 4.79 Å². The van der Waals surface area contributed by atoms with Crippen LogP contribution in [0.3, 0.4) is 0 Å². The second-order valence-electron chi connectivity index (χ2n) is 6.02. The van der Waals surface area contributed by atoms with Crippen molar-refractivity contribution in [2.75, 3.05) is 6.54 Å². The van der Waals surface area contributed by atoms with Gasteiger partial charge in [0, 0.05) is 18.5 Å². The van der Waals surface area contributed by atoms with E-state index in [4.69, 9.17) is 0 Å². The van der Waals surface area contributed by atoms with E-state index in [9.17, 15) is 19.8 Å². The average Bonchev–Trinajstić information content (AvgIpc) is 2.26. The molecule has 0 bridgehead atoms. The Morgan fingerprint density at radius 1 is 1.37 bits per heavy atom. The molecular formula is C13H24N2O4. The van der Waals surface area contributed by atoms with Crippen molar-refractivity contribution in [3.8, 4) is 0 Å². The van der Waals surface area contributed by atoms with Gasteiger partial charge < -0.3 is 15.1 Å². The standard InChI is InChI=1S/C13H24N2O4/c1-9(15(12(18)19)13(2,3)4)11(17)14-8-6-5-7-10(14)16/h9,11,17H,5-8H2,1-4H3,(H,18,19). The van der Waals surface area contributed by atoms with Crippen molar-refractivity contribution in [1.29, 1.82) is 0 Å². The maximum Gasteiger partial charge on any atom is 0.408 e. The molecular weight excluding hydrogens is 248 g/mol. The van der Waals surface area contributed by atoms with E-state index >= 15 is 0 Å². The molecule has 2 N–H and O–H groups in total. The van der Waals surface area contributed by atoms with Crippen LogP contribution >= 0.6 is 0 Å². The quantitative estimate of drug-likeness (QED) is 0.815. The fraction of sp³-hybridized carbons (Fsp3) is 0.846. The minimum atomic E-state index is -1.09. The molecule has 110 valence electrons. The fourth-order valence-corrected chi connectivity index (χ4v) is 2.57. The molecule has 0 aliphatic carbocycles. The Morgan fingerprint density at radius 2 is 1.95 bits per heavy atom. The van der Waals surface area contributed by atoms with Gasteiger partial charge >= 0.3 is 6.09 Å². The Hall–Kier alpha value is -1.30. The molecule has 1 fully saturated rings. The van der Waals surface area contributed by atoms with Gasteiger partial charge in [0.25, 0.3) is 0 Å². The van der Waals surface area contributed by atoms with Crippen LogP contribution < -0.4 is 0 Å². The van der Waals surface area contributed by atoms with E-state index < -0.39 is 23.9 Å². The summed E-state index contributed by atoms with van der Waals surface area (Å²) in [6, 6.07) is -0.667. The van der Waals surface area contributed by atoms with Gasteiger partial charge in [-0.3, -0.25) is 9.69 Å². The molecule has 0 spiro atoms. The van der Waals surface area contributed by atoms with Gasteiger partial charge in [-0.15, -0.1) is 0 Å². The molecule has 1 saturated heterocycles. The lowest BCUT2D eigenvalue weighted by atomic mass is 10.0. The SMILES string of the molecule is CC(C(O)N1CCCCC1=O)N(C(=O)O)C(C)(C)C. The number of hydrogen-bond acceptors (Lipinski definition) is 3. The molecule has 6 heteroatoms. The Labute approximate surface area is 114 Å². The number of amides is 2. The number of likely N-dealkylation sites (tertiary alicyclic amines) is 1. The summed E-state index contributed by atoms with van der Waals surface area (Å²) in [6.07, 6.45) is -0.0883.